The lowest BCUT2D eigenvalue weighted by Gasteiger charge is -2.37. The fourth-order valence-electron chi connectivity index (χ4n) is 7.56. The molecule has 8 heteroatoms. The summed E-state index contributed by atoms with van der Waals surface area (Å²) in [7, 11) is 2.81. The van der Waals surface area contributed by atoms with Crippen LogP contribution in [0.15, 0.2) is 60.9 Å². The maximum absolute atomic E-state index is 11.7. The summed E-state index contributed by atoms with van der Waals surface area (Å²) in [4.78, 5) is 32.5. The van der Waals surface area contributed by atoms with E-state index in [1.165, 1.54) is 65.6 Å². The van der Waals surface area contributed by atoms with Crippen molar-refractivity contribution in [1.29, 1.82) is 0 Å². The number of esters is 2. The lowest BCUT2D eigenvalue weighted by atomic mass is 9.71. The molecule has 0 aliphatic heterocycles. The maximum Gasteiger partial charge on any atom is 0.337 e. The van der Waals surface area contributed by atoms with Gasteiger partial charge in [0.25, 0.3) is 0 Å². The summed E-state index contributed by atoms with van der Waals surface area (Å²) in [6.07, 6.45) is 13.5. The van der Waals surface area contributed by atoms with Crippen molar-refractivity contribution in [2.24, 2.45) is 22.7 Å². The Bertz CT molecular complexity index is 1640. The third-order valence-corrected chi connectivity index (χ3v) is 10.9. The van der Waals surface area contributed by atoms with Gasteiger partial charge in [-0.2, -0.15) is 0 Å². The topological polar surface area (TPSA) is 102 Å². The van der Waals surface area contributed by atoms with Crippen molar-refractivity contribution >= 4 is 45.1 Å². The van der Waals surface area contributed by atoms with Crippen molar-refractivity contribution in [3.8, 4) is 0 Å². The van der Waals surface area contributed by atoms with Crippen LogP contribution < -0.4 is 10.6 Å². The summed E-state index contributed by atoms with van der Waals surface area (Å²) in [6.45, 7) is 14.1. The number of fused-ring (bicyclic) bond motifs is 2. The first-order chi connectivity index (χ1) is 23.7. The molecule has 4 aromatic rings. The molecular weight excluding hydrogens is 624 g/mol. The average molecular weight is 681 g/mol. The van der Waals surface area contributed by atoms with Gasteiger partial charge in [0, 0.05) is 35.2 Å². The van der Waals surface area contributed by atoms with Crippen LogP contribution in [0.25, 0.3) is 21.5 Å². The molecular formula is C42H56N4O4. The molecule has 0 spiro atoms. The number of pyridine rings is 2. The Morgan fingerprint density at radius 1 is 0.560 bits per heavy atom. The first-order valence-corrected chi connectivity index (χ1v) is 18.2. The first kappa shape index (κ1) is 37.1. The summed E-state index contributed by atoms with van der Waals surface area (Å²) < 4.78 is 9.61. The van der Waals surface area contributed by atoms with Crippen LogP contribution in [0.2, 0.25) is 0 Å². The number of carbonyl (C=O) groups is 2. The van der Waals surface area contributed by atoms with E-state index in [2.05, 4.69) is 62.1 Å². The van der Waals surface area contributed by atoms with Gasteiger partial charge in [-0.3, -0.25) is 0 Å². The summed E-state index contributed by atoms with van der Waals surface area (Å²) in [5, 5.41) is 11.2. The van der Waals surface area contributed by atoms with Crippen LogP contribution in [0.3, 0.4) is 0 Å². The summed E-state index contributed by atoms with van der Waals surface area (Å²) in [5.41, 5.74) is 1.93. The third-order valence-electron chi connectivity index (χ3n) is 10.9. The Kier molecular flexibility index (Phi) is 11.7. The molecule has 2 aliphatic rings. The molecule has 2 aliphatic carbocycles. The highest BCUT2D eigenvalue weighted by molar-refractivity contribution is 5.96. The molecule has 0 atom stereocenters. The van der Waals surface area contributed by atoms with E-state index in [-0.39, 0.29) is 11.9 Å². The van der Waals surface area contributed by atoms with Crippen LogP contribution in [-0.2, 0) is 9.47 Å². The van der Waals surface area contributed by atoms with Crippen LogP contribution in [0.5, 0.6) is 0 Å². The normalized spacial score (nSPS) is 21.1. The van der Waals surface area contributed by atoms with Gasteiger partial charge >= 0.3 is 11.9 Å². The minimum Gasteiger partial charge on any atom is -0.465 e. The molecule has 2 N–H and O–H groups in total. The van der Waals surface area contributed by atoms with Crippen LogP contribution in [0.1, 0.15) is 114 Å². The molecule has 0 unspecified atom stereocenters. The molecule has 50 heavy (non-hydrogen) atoms. The predicted molar refractivity (Wildman–Crippen MR) is 204 cm³/mol. The van der Waals surface area contributed by atoms with Gasteiger partial charge in [0.1, 0.15) is 11.6 Å². The fourth-order valence-corrected chi connectivity index (χ4v) is 7.56. The number of carbonyl (C=O) groups excluding carboxylic acids is 2. The zero-order valence-corrected chi connectivity index (χ0v) is 31.3. The van der Waals surface area contributed by atoms with E-state index in [0.29, 0.717) is 34.0 Å². The van der Waals surface area contributed by atoms with Gasteiger partial charge in [0.2, 0.25) is 0 Å². The lowest BCUT2D eigenvalue weighted by Crippen LogP contribution is -2.31. The Morgan fingerprint density at radius 3 is 1.24 bits per heavy atom. The second-order valence-corrected chi connectivity index (χ2v) is 16.4. The molecule has 2 fully saturated rings. The third kappa shape index (κ3) is 9.52. The van der Waals surface area contributed by atoms with Crippen LogP contribution in [-0.4, -0.2) is 48.2 Å². The number of hydrogen-bond donors (Lipinski definition) is 2. The highest BCUT2D eigenvalue weighted by atomic mass is 16.5. The van der Waals surface area contributed by atoms with Gasteiger partial charge in [-0.25, -0.2) is 19.6 Å². The number of benzene rings is 2. The zero-order chi connectivity index (χ0) is 36.1. The Morgan fingerprint density at radius 2 is 0.920 bits per heavy atom. The number of hydrogen-bond acceptors (Lipinski definition) is 8. The molecule has 2 heterocycles. The van der Waals surface area contributed by atoms with Gasteiger partial charge in [0.05, 0.1) is 25.3 Å². The minimum absolute atomic E-state index is 0.311. The van der Waals surface area contributed by atoms with Crippen molar-refractivity contribution in [3.05, 3.63) is 72.1 Å². The van der Waals surface area contributed by atoms with E-state index in [1.54, 1.807) is 12.1 Å². The first-order valence-electron chi connectivity index (χ1n) is 18.2. The van der Waals surface area contributed by atoms with Gasteiger partial charge < -0.3 is 20.1 Å². The largest absolute Gasteiger partial charge is 0.465 e. The van der Waals surface area contributed by atoms with E-state index in [1.807, 2.05) is 48.8 Å². The smallest absolute Gasteiger partial charge is 0.337 e. The molecule has 2 aromatic heterocycles. The molecule has 0 saturated heterocycles. The average Bonchev–Trinajstić information content (AvgIpc) is 3.10. The summed E-state index contributed by atoms with van der Waals surface area (Å²) >= 11 is 0. The lowest BCUT2D eigenvalue weighted by molar-refractivity contribution is 0.0592. The van der Waals surface area contributed by atoms with Crippen molar-refractivity contribution in [2.75, 3.05) is 24.9 Å². The van der Waals surface area contributed by atoms with E-state index in [4.69, 9.17) is 9.47 Å². The number of nitrogens with one attached hydrogen (secondary N) is 2. The van der Waals surface area contributed by atoms with Crippen molar-refractivity contribution in [2.45, 2.75) is 105 Å². The van der Waals surface area contributed by atoms with E-state index >= 15 is 0 Å². The molecule has 6 rings (SSSR count). The predicted octanol–water partition coefficient (Wildman–Crippen LogP) is 10.1. The molecule has 2 aromatic carbocycles. The second-order valence-electron chi connectivity index (χ2n) is 16.4. The fraction of sp³-hybridized carbons (Fsp3) is 0.524. The van der Waals surface area contributed by atoms with Crippen molar-refractivity contribution in [1.82, 2.24) is 9.97 Å². The van der Waals surface area contributed by atoms with Gasteiger partial charge in [-0.05, 0) is 121 Å². The molecule has 0 bridgehead atoms. The zero-order valence-electron chi connectivity index (χ0n) is 31.3. The number of aromatic nitrogens is 2. The van der Waals surface area contributed by atoms with E-state index in [9.17, 15) is 9.59 Å². The summed E-state index contributed by atoms with van der Waals surface area (Å²) in [5.74, 6) is 2.75. The quantitative estimate of drug-likeness (QED) is 0.194. The van der Waals surface area contributed by atoms with Crippen molar-refractivity contribution < 1.29 is 19.1 Å². The Hall–Kier alpha value is -4.20. The SMILES string of the molecule is COC(=O)c1ccc2cnc(NC3CCC(C(C)(C)C)CC3)cc2c1.COC(=O)c1ccc2cnc(NC3CCC(C(C)(C)C)CC3)cc2c1. The molecule has 0 amide bonds. The standard InChI is InChI=1S/2C21H28N2O2/c2*1-21(2,3)17-7-9-18(10-8-17)23-19-12-16-11-14(20(24)25-4)5-6-15(16)13-22-19/h2*5-6,11-13,17-18H,7-10H2,1-4H3,(H,22,23). The maximum atomic E-state index is 11.7. The summed E-state index contributed by atoms with van der Waals surface area (Å²) in [6, 6.07) is 16.1. The van der Waals surface area contributed by atoms with Gasteiger partial charge in [0.15, 0.2) is 0 Å². The monoisotopic (exact) mass is 680 g/mol. The molecule has 268 valence electrons. The highest BCUT2D eigenvalue weighted by Crippen LogP contribution is 2.39. The number of nitrogens with zero attached hydrogens (tertiary/aromatic N) is 2. The van der Waals surface area contributed by atoms with E-state index < -0.39 is 0 Å². The Balaban J connectivity index is 0.000000194. The minimum atomic E-state index is -0.311. The van der Waals surface area contributed by atoms with Gasteiger partial charge in [-0.1, -0.05) is 53.7 Å². The van der Waals surface area contributed by atoms with E-state index in [0.717, 1.165) is 45.0 Å². The molecule has 0 radical (unpaired) electrons. The van der Waals surface area contributed by atoms with Crippen LogP contribution in [0.4, 0.5) is 11.6 Å². The number of rotatable bonds is 6. The number of anilines is 2. The van der Waals surface area contributed by atoms with Crippen LogP contribution >= 0.6 is 0 Å². The second kappa shape index (κ2) is 15.8. The number of ether oxygens (including phenoxy) is 2. The Labute approximate surface area is 298 Å². The van der Waals surface area contributed by atoms with Crippen molar-refractivity contribution in [3.63, 3.8) is 0 Å². The van der Waals surface area contributed by atoms with Gasteiger partial charge in [-0.15, -0.1) is 0 Å². The highest BCUT2D eigenvalue weighted by Gasteiger charge is 2.31. The molecule has 8 nitrogen and oxygen atoms in total. The number of methoxy groups -OCH3 is 2. The molecule has 2 saturated carbocycles. The van der Waals surface area contributed by atoms with Crippen LogP contribution in [0, 0.1) is 22.7 Å².